The lowest BCUT2D eigenvalue weighted by molar-refractivity contribution is -0.139. The number of esters is 1. The van der Waals surface area contributed by atoms with Crippen LogP contribution in [0.15, 0.2) is 34.8 Å². The molecule has 1 atom stereocenters. The Kier molecular flexibility index (Phi) is 3.10. The van der Waals surface area contributed by atoms with Crippen LogP contribution in [0.5, 0.6) is 0 Å². The highest BCUT2D eigenvalue weighted by atomic mass is 32.2. The van der Waals surface area contributed by atoms with E-state index in [0.29, 0.717) is 16.2 Å². The maximum Gasteiger partial charge on any atom is 0.321 e. The van der Waals surface area contributed by atoms with Gasteiger partial charge in [-0.3, -0.25) is 14.6 Å². The fourth-order valence-electron chi connectivity index (χ4n) is 2.23. The lowest BCUT2D eigenvalue weighted by atomic mass is 10.1. The van der Waals surface area contributed by atoms with Crippen molar-refractivity contribution in [2.45, 2.75) is 5.25 Å². The number of benzene rings is 1. The van der Waals surface area contributed by atoms with Gasteiger partial charge >= 0.3 is 5.97 Å². The highest BCUT2D eigenvalue weighted by Crippen LogP contribution is 2.37. The van der Waals surface area contributed by atoms with Gasteiger partial charge in [0.2, 0.25) is 0 Å². The molecule has 0 fully saturated rings. The molecule has 0 saturated carbocycles. The summed E-state index contributed by atoms with van der Waals surface area (Å²) in [6.45, 7) is 0.257. The second-order valence-electron chi connectivity index (χ2n) is 4.37. The lowest BCUT2D eigenvalue weighted by Gasteiger charge is -2.05. The molecule has 0 spiro atoms. The summed E-state index contributed by atoms with van der Waals surface area (Å²) < 4.78 is 4.66. The Morgan fingerprint density at radius 1 is 1.40 bits per heavy atom. The average Bonchev–Trinajstić information content (AvgIpc) is 3.03. The minimum atomic E-state index is -0.452. The smallest absolute Gasteiger partial charge is 0.321 e. The molecule has 1 aliphatic carbocycles. The van der Waals surface area contributed by atoms with Crippen molar-refractivity contribution in [1.29, 1.82) is 0 Å². The molecular weight excluding hydrogens is 278 g/mol. The van der Waals surface area contributed by atoms with Crippen LogP contribution in [0.1, 0.15) is 15.9 Å². The van der Waals surface area contributed by atoms with E-state index < -0.39 is 5.25 Å². The minimum Gasteiger partial charge on any atom is -0.506 e. The number of aliphatic imine (C=N–C) groups is 1. The van der Waals surface area contributed by atoms with Crippen molar-refractivity contribution >= 4 is 34.3 Å². The monoisotopic (exact) mass is 289 g/mol. The Morgan fingerprint density at radius 2 is 2.10 bits per heavy atom. The predicted molar refractivity (Wildman–Crippen MR) is 76.0 cm³/mol. The van der Waals surface area contributed by atoms with Gasteiger partial charge in [-0.2, -0.15) is 0 Å². The third-order valence-corrected chi connectivity index (χ3v) is 4.41. The number of rotatable bonds is 2. The zero-order valence-electron chi connectivity index (χ0n) is 10.6. The van der Waals surface area contributed by atoms with E-state index in [2.05, 4.69) is 9.73 Å². The van der Waals surface area contributed by atoms with Crippen molar-refractivity contribution in [3.63, 3.8) is 0 Å². The van der Waals surface area contributed by atoms with E-state index in [-0.39, 0.29) is 29.6 Å². The second-order valence-corrected chi connectivity index (χ2v) is 5.57. The van der Waals surface area contributed by atoms with Crippen molar-refractivity contribution in [2.75, 3.05) is 13.7 Å². The first kappa shape index (κ1) is 12.9. The summed E-state index contributed by atoms with van der Waals surface area (Å²) >= 11 is 1.16. The van der Waals surface area contributed by atoms with Crippen LogP contribution in [0.4, 0.5) is 0 Å². The molecule has 1 aromatic rings. The van der Waals surface area contributed by atoms with Crippen molar-refractivity contribution in [3.8, 4) is 0 Å². The number of thioether (sulfide) groups is 1. The maximum atomic E-state index is 12.3. The van der Waals surface area contributed by atoms with E-state index in [1.165, 1.54) is 7.11 Å². The molecule has 20 heavy (non-hydrogen) atoms. The van der Waals surface area contributed by atoms with Crippen LogP contribution in [0.3, 0.4) is 0 Å². The number of aliphatic hydroxyl groups is 1. The highest BCUT2D eigenvalue weighted by Gasteiger charge is 2.37. The second kappa shape index (κ2) is 4.79. The first-order chi connectivity index (χ1) is 9.63. The van der Waals surface area contributed by atoms with E-state index in [0.717, 1.165) is 11.8 Å². The number of aliphatic hydroxyl groups excluding tert-OH is 1. The Morgan fingerprint density at radius 3 is 2.75 bits per heavy atom. The Balaban J connectivity index is 1.92. The Hall–Kier alpha value is -2.08. The minimum absolute atomic E-state index is 0.0673. The van der Waals surface area contributed by atoms with E-state index in [4.69, 9.17) is 0 Å². The molecule has 1 N–H and O–H groups in total. The van der Waals surface area contributed by atoms with Gasteiger partial charge in [0.05, 0.1) is 19.2 Å². The van der Waals surface area contributed by atoms with Gasteiger partial charge in [0.25, 0.3) is 0 Å². The van der Waals surface area contributed by atoms with Crippen LogP contribution in [0, 0.1) is 0 Å². The van der Waals surface area contributed by atoms with Crippen molar-refractivity contribution < 1.29 is 19.4 Å². The van der Waals surface area contributed by atoms with Gasteiger partial charge < -0.3 is 9.84 Å². The predicted octanol–water partition coefficient (Wildman–Crippen LogP) is 1.84. The highest BCUT2D eigenvalue weighted by molar-refractivity contribution is 8.16. The van der Waals surface area contributed by atoms with Gasteiger partial charge in [-0.25, -0.2) is 0 Å². The van der Waals surface area contributed by atoms with Crippen LogP contribution < -0.4 is 0 Å². The number of hydrogen-bond acceptors (Lipinski definition) is 6. The molecule has 6 heteroatoms. The fourth-order valence-corrected chi connectivity index (χ4v) is 3.30. The zero-order chi connectivity index (χ0) is 14.3. The SMILES string of the molecule is COC(=O)[C@@H]1CN=C(C2=C(O)c3ccccc3C2=O)S1. The van der Waals surface area contributed by atoms with Crippen molar-refractivity contribution in [2.24, 2.45) is 4.99 Å². The summed E-state index contributed by atoms with van der Waals surface area (Å²) in [5, 5.41) is 10.2. The van der Waals surface area contributed by atoms with Crippen molar-refractivity contribution in [3.05, 3.63) is 41.0 Å². The molecule has 0 radical (unpaired) electrons. The van der Waals surface area contributed by atoms with Crippen LogP contribution in [0.2, 0.25) is 0 Å². The molecular formula is C14H11NO4S. The quantitative estimate of drug-likeness (QED) is 0.841. The molecule has 0 unspecified atom stereocenters. The van der Waals surface area contributed by atoms with Gasteiger partial charge in [0.15, 0.2) is 5.78 Å². The van der Waals surface area contributed by atoms with Crippen molar-refractivity contribution in [1.82, 2.24) is 0 Å². The summed E-state index contributed by atoms with van der Waals surface area (Å²) in [5.74, 6) is -0.700. The molecule has 0 bridgehead atoms. The molecule has 2 aliphatic rings. The number of carbonyl (C=O) groups excluding carboxylic acids is 2. The Labute approximate surface area is 119 Å². The molecule has 1 aromatic carbocycles. The standard InChI is InChI=1S/C14H11NO4S/c1-19-14(18)9-6-15-13(20-9)10-11(16)7-4-2-3-5-8(7)12(10)17/h2-5,9,16H,6H2,1H3/t9-/m0/s1. The molecule has 3 rings (SSSR count). The third kappa shape index (κ3) is 1.84. The largest absolute Gasteiger partial charge is 0.506 e. The number of methoxy groups -OCH3 is 1. The van der Waals surface area contributed by atoms with Gasteiger partial charge in [0.1, 0.15) is 16.1 Å². The van der Waals surface area contributed by atoms with E-state index in [1.807, 2.05) is 0 Å². The first-order valence-corrected chi connectivity index (χ1v) is 6.88. The van der Waals surface area contributed by atoms with E-state index >= 15 is 0 Å². The Bertz CT molecular complexity index is 678. The van der Waals surface area contributed by atoms with E-state index in [1.54, 1.807) is 24.3 Å². The molecule has 0 aromatic heterocycles. The number of fused-ring (bicyclic) bond motifs is 1. The summed E-state index contributed by atoms with van der Waals surface area (Å²) in [6, 6.07) is 6.85. The van der Waals surface area contributed by atoms with Crippen LogP contribution in [-0.2, 0) is 9.53 Å². The molecule has 1 heterocycles. The maximum absolute atomic E-state index is 12.3. The number of nitrogens with zero attached hydrogens (tertiary/aromatic N) is 1. The number of Topliss-reactive ketones (excluding diaryl/α,β-unsaturated/α-hetero) is 1. The van der Waals surface area contributed by atoms with Gasteiger partial charge in [-0.1, -0.05) is 36.0 Å². The number of hydrogen-bond donors (Lipinski definition) is 1. The molecule has 0 saturated heterocycles. The van der Waals surface area contributed by atoms with Gasteiger partial charge in [-0.15, -0.1) is 0 Å². The van der Waals surface area contributed by atoms with Gasteiger partial charge in [0, 0.05) is 11.1 Å². The zero-order valence-corrected chi connectivity index (χ0v) is 11.4. The first-order valence-electron chi connectivity index (χ1n) is 6.00. The van der Waals surface area contributed by atoms with Crippen LogP contribution in [-0.4, -0.2) is 40.8 Å². The molecule has 0 amide bonds. The lowest BCUT2D eigenvalue weighted by Crippen LogP contribution is -2.19. The summed E-state index contributed by atoms with van der Waals surface area (Å²) in [7, 11) is 1.31. The van der Waals surface area contributed by atoms with E-state index in [9.17, 15) is 14.7 Å². The molecule has 102 valence electrons. The van der Waals surface area contributed by atoms with Crippen LogP contribution >= 0.6 is 11.8 Å². The molecule has 5 nitrogen and oxygen atoms in total. The van der Waals surface area contributed by atoms with Crippen LogP contribution in [0.25, 0.3) is 5.76 Å². The number of ether oxygens (including phenoxy) is 1. The summed E-state index contributed by atoms with van der Waals surface area (Å²) in [4.78, 5) is 28.0. The van der Waals surface area contributed by atoms with Gasteiger partial charge in [-0.05, 0) is 0 Å². The average molecular weight is 289 g/mol. The third-order valence-electron chi connectivity index (χ3n) is 3.22. The number of ketones is 1. The topological polar surface area (TPSA) is 76.0 Å². The molecule has 1 aliphatic heterocycles. The summed E-state index contributed by atoms with van der Waals surface area (Å²) in [5.41, 5.74) is 1.16. The number of carbonyl (C=O) groups is 2. The fraction of sp³-hybridized carbons (Fsp3) is 0.214. The summed E-state index contributed by atoms with van der Waals surface area (Å²) in [6.07, 6.45) is 0. The normalized spacial score (nSPS) is 20.9.